The highest BCUT2D eigenvalue weighted by Gasteiger charge is 2.10. The second kappa shape index (κ2) is 1.80. The Bertz CT molecular complexity index is 298. The summed E-state index contributed by atoms with van der Waals surface area (Å²) in [5, 5.41) is 6.60. The van der Waals surface area contributed by atoms with Crippen molar-refractivity contribution in [3.05, 3.63) is 23.5 Å². The summed E-state index contributed by atoms with van der Waals surface area (Å²) >= 11 is 0. The number of carbonyl (C=O) groups is 1. The number of rotatable bonds is 0. The summed E-state index contributed by atoms with van der Waals surface area (Å²) < 4.78 is 0. The third-order valence-corrected chi connectivity index (χ3v) is 1.55. The van der Waals surface area contributed by atoms with Gasteiger partial charge in [-0.15, -0.1) is 0 Å². The summed E-state index contributed by atoms with van der Waals surface area (Å²) in [6.45, 7) is 0. The molecule has 1 aromatic rings. The Balaban J connectivity index is 2.52. The number of allylic oxidation sites excluding steroid dienone is 1. The predicted molar refractivity (Wildman–Crippen MR) is 36.3 cm³/mol. The van der Waals surface area contributed by atoms with Gasteiger partial charge in [0.1, 0.15) is 0 Å². The average Bonchev–Trinajstić information content (AvgIpc) is 2.33. The van der Waals surface area contributed by atoms with Crippen molar-refractivity contribution >= 4 is 11.9 Å². The second-order valence-electron chi connectivity index (χ2n) is 2.29. The molecular weight excluding hydrogens is 128 g/mol. The number of H-pyrrole nitrogens is 1. The lowest BCUT2D eigenvalue weighted by atomic mass is 10.0. The molecule has 0 bridgehead atoms. The molecule has 1 aromatic heterocycles. The Hall–Kier alpha value is -1.38. The van der Waals surface area contributed by atoms with Crippen LogP contribution in [0.1, 0.15) is 11.3 Å². The van der Waals surface area contributed by atoms with E-state index in [-0.39, 0.29) is 5.78 Å². The van der Waals surface area contributed by atoms with Gasteiger partial charge in [0.25, 0.3) is 0 Å². The molecule has 0 unspecified atom stereocenters. The minimum absolute atomic E-state index is 0.147. The van der Waals surface area contributed by atoms with E-state index >= 15 is 0 Å². The number of hydrogen-bond acceptors (Lipinski definition) is 2. The lowest BCUT2D eigenvalue weighted by Crippen LogP contribution is -2.02. The number of fused-ring (bicyclic) bond motifs is 1. The first-order valence-corrected chi connectivity index (χ1v) is 3.09. The van der Waals surface area contributed by atoms with E-state index in [1.807, 2.05) is 0 Å². The number of nitrogens with zero attached hydrogens (tertiary/aromatic N) is 1. The molecule has 0 saturated carbocycles. The summed E-state index contributed by atoms with van der Waals surface area (Å²) in [4.78, 5) is 10.8. The zero-order chi connectivity index (χ0) is 6.97. The number of aromatic amines is 1. The molecule has 0 amide bonds. The smallest absolute Gasteiger partial charge is 0.160 e. The molecule has 0 radical (unpaired) electrons. The van der Waals surface area contributed by atoms with Gasteiger partial charge >= 0.3 is 0 Å². The third-order valence-electron chi connectivity index (χ3n) is 1.55. The van der Waals surface area contributed by atoms with E-state index in [4.69, 9.17) is 0 Å². The van der Waals surface area contributed by atoms with Gasteiger partial charge in [-0.1, -0.05) is 0 Å². The Morgan fingerprint density at radius 1 is 1.50 bits per heavy atom. The lowest BCUT2D eigenvalue weighted by molar-refractivity contribution is -0.114. The zero-order valence-corrected chi connectivity index (χ0v) is 5.29. The van der Waals surface area contributed by atoms with E-state index in [9.17, 15) is 4.79 Å². The van der Waals surface area contributed by atoms with E-state index in [2.05, 4.69) is 10.2 Å². The summed E-state index contributed by atoms with van der Waals surface area (Å²) in [5.74, 6) is 0.147. The van der Waals surface area contributed by atoms with E-state index in [1.165, 1.54) is 0 Å². The third kappa shape index (κ3) is 0.673. The first-order chi connectivity index (χ1) is 4.86. The van der Waals surface area contributed by atoms with E-state index in [1.54, 1.807) is 18.3 Å². The van der Waals surface area contributed by atoms with Crippen LogP contribution in [0.25, 0.3) is 6.08 Å². The minimum atomic E-state index is 0.147. The van der Waals surface area contributed by atoms with Gasteiger partial charge in [0.2, 0.25) is 0 Å². The SMILES string of the molecule is O=C1C=Cc2[nH]ncc2C1. The van der Waals surface area contributed by atoms with Crippen molar-refractivity contribution in [3.8, 4) is 0 Å². The number of hydrogen-bond donors (Lipinski definition) is 1. The summed E-state index contributed by atoms with van der Waals surface area (Å²) in [6.07, 6.45) is 5.51. The van der Waals surface area contributed by atoms with Gasteiger partial charge < -0.3 is 0 Å². The summed E-state index contributed by atoms with van der Waals surface area (Å²) in [5.41, 5.74) is 1.95. The van der Waals surface area contributed by atoms with E-state index in [0.717, 1.165) is 11.3 Å². The minimum Gasteiger partial charge on any atom is -0.294 e. The normalized spacial score (nSPS) is 15.4. The molecule has 0 fully saturated rings. The molecule has 50 valence electrons. The van der Waals surface area contributed by atoms with Gasteiger partial charge in [0, 0.05) is 12.0 Å². The van der Waals surface area contributed by atoms with Crippen LogP contribution in [-0.4, -0.2) is 16.0 Å². The lowest BCUT2D eigenvalue weighted by Gasteiger charge is -1.99. The first kappa shape index (κ1) is 5.41. The molecule has 10 heavy (non-hydrogen) atoms. The number of nitrogens with one attached hydrogen (secondary N) is 1. The van der Waals surface area contributed by atoms with Crippen LogP contribution in [0.3, 0.4) is 0 Å². The number of ketones is 1. The maximum absolute atomic E-state index is 10.8. The van der Waals surface area contributed by atoms with Crippen LogP contribution in [0.4, 0.5) is 0 Å². The van der Waals surface area contributed by atoms with Crippen LogP contribution in [0, 0.1) is 0 Å². The van der Waals surface area contributed by atoms with Crippen molar-refractivity contribution in [1.82, 2.24) is 10.2 Å². The van der Waals surface area contributed by atoms with Gasteiger partial charge in [-0.2, -0.15) is 5.10 Å². The van der Waals surface area contributed by atoms with Gasteiger partial charge in [0.15, 0.2) is 5.78 Å². The quantitative estimate of drug-likeness (QED) is 0.563. The van der Waals surface area contributed by atoms with Crippen molar-refractivity contribution in [2.24, 2.45) is 0 Å². The van der Waals surface area contributed by atoms with Crippen molar-refractivity contribution in [3.63, 3.8) is 0 Å². The Labute approximate surface area is 57.8 Å². The monoisotopic (exact) mass is 134 g/mol. The number of aromatic nitrogens is 2. The molecule has 3 heteroatoms. The fourth-order valence-corrected chi connectivity index (χ4v) is 1.03. The Morgan fingerprint density at radius 3 is 3.30 bits per heavy atom. The molecule has 2 rings (SSSR count). The fourth-order valence-electron chi connectivity index (χ4n) is 1.03. The molecule has 1 heterocycles. The standard InChI is InChI=1S/C7H6N2O/c10-6-1-2-7-5(3-6)4-8-9-7/h1-2,4H,3H2,(H,8,9). The molecule has 1 N–H and O–H groups in total. The van der Waals surface area contributed by atoms with E-state index < -0.39 is 0 Å². The van der Waals surface area contributed by atoms with Crippen LogP contribution >= 0.6 is 0 Å². The van der Waals surface area contributed by atoms with E-state index in [0.29, 0.717) is 6.42 Å². The fraction of sp³-hybridized carbons (Fsp3) is 0.143. The molecule has 3 nitrogen and oxygen atoms in total. The molecule has 1 aliphatic rings. The predicted octanol–water partition coefficient (Wildman–Crippen LogP) is 0.548. The Morgan fingerprint density at radius 2 is 2.40 bits per heavy atom. The van der Waals surface area contributed by atoms with Crippen molar-refractivity contribution < 1.29 is 4.79 Å². The maximum atomic E-state index is 10.8. The summed E-state index contributed by atoms with van der Waals surface area (Å²) in [7, 11) is 0. The van der Waals surface area contributed by atoms with Crippen LogP contribution in [-0.2, 0) is 11.2 Å². The largest absolute Gasteiger partial charge is 0.294 e. The highest BCUT2D eigenvalue weighted by Crippen LogP contribution is 2.12. The Kier molecular flexibility index (Phi) is 0.974. The van der Waals surface area contributed by atoms with Crippen molar-refractivity contribution in [2.45, 2.75) is 6.42 Å². The van der Waals surface area contributed by atoms with Gasteiger partial charge in [-0.05, 0) is 12.2 Å². The molecule has 0 atom stereocenters. The van der Waals surface area contributed by atoms with Crippen LogP contribution < -0.4 is 0 Å². The highest BCUT2D eigenvalue weighted by atomic mass is 16.1. The molecule has 0 aromatic carbocycles. The van der Waals surface area contributed by atoms with Gasteiger partial charge in [-0.25, -0.2) is 0 Å². The first-order valence-electron chi connectivity index (χ1n) is 3.09. The average molecular weight is 134 g/mol. The van der Waals surface area contributed by atoms with Crippen molar-refractivity contribution in [2.75, 3.05) is 0 Å². The molecular formula is C7H6N2O. The number of carbonyl (C=O) groups excluding carboxylic acids is 1. The zero-order valence-electron chi connectivity index (χ0n) is 5.29. The maximum Gasteiger partial charge on any atom is 0.160 e. The molecule has 1 aliphatic carbocycles. The van der Waals surface area contributed by atoms with Crippen LogP contribution in [0.15, 0.2) is 12.3 Å². The topological polar surface area (TPSA) is 45.8 Å². The summed E-state index contributed by atoms with van der Waals surface area (Å²) in [6, 6.07) is 0. The van der Waals surface area contributed by atoms with Crippen LogP contribution in [0.2, 0.25) is 0 Å². The van der Waals surface area contributed by atoms with Gasteiger partial charge in [0.05, 0.1) is 11.9 Å². The molecule has 0 spiro atoms. The highest BCUT2D eigenvalue weighted by molar-refractivity contribution is 5.97. The second-order valence-corrected chi connectivity index (χ2v) is 2.29. The van der Waals surface area contributed by atoms with Crippen LogP contribution in [0.5, 0.6) is 0 Å². The molecule has 0 aliphatic heterocycles. The van der Waals surface area contributed by atoms with Gasteiger partial charge in [-0.3, -0.25) is 9.89 Å². The van der Waals surface area contributed by atoms with Crippen molar-refractivity contribution in [1.29, 1.82) is 0 Å². The molecule has 0 saturated heterocycles.